The Labute approximate surface area is 191 Å². The number of piperidine rings is 1. The van der Waals surface area contributed by atoms with Crippen molar-refractivity contribution < 1.29 is 13.7 Å². The Bertz CT molecular complexity index is 1040. The van der Waals surface area contributed by atoms with Gasteiger partial charge in [-0.25, -0.2) is 4.39 Å². The Balaban J connectivity index is 1.23. The summed E-state index contributed by atoms with van der Waals surface area (Å²) in [5.41, 5.74) is 1.88. The number of carbonyl (C=O) groups excluding carboxylic acids is 1. The first-order chi connectivity index (χ1) is 15.6. The van der Waals surface area contributed by atoms with Crippen LogP contribution in [0.3, 0.4) is 0 Å². The summed E-state index contributed by atoms with van der Waals surface area (Å²) in [6.45, 7) is 2.68. The first-order valence-electron chi connectivity index (χ1n) is 10.9. The van der Waals surface area contributed by atoms with Crippen molar-refractivity contribution in [3.8, 4) is 11.4 Å². The van der Waals surface area contributed by atoms with E-state index in [1.807, 2.05) is 12.1 Å². The number of halogens is 2. The van der Waals surface area contributed by atoms with Crippen LogP contribution in [0.5, 0.6) is 0 Å². The molecule has 1 aliphatic rings. The Kier molecular flexibility index (Phi) is 7.50. The fourth-order valence-corrected chi connectivity index (χ4v) is 4.16. The van der Waals surface area contributed by atoms with Gasteiger partial charge in [-0.3, -0.25) is 9.69 Å². The average molecular weight is 457 g/mol. The highest BCUT2D eigenvalue weighted by Crippen LogP contribution is 2.22. The van der Waals surface area contributed by atoms with Crippen molar-refractivity contribution in [1.29, 1.82) is 0 Å². The number of amides is 1. The molecule has 1 unspecified atom stereocenters. The number of benzene rings is 2. The third-order valence-corrected chi connectivity index (χ3v) is 5.88. The summed E-state index contributed by atoms with van der Waals surface area (Å²) in [5, 5.41) is 7.72. The molecule has 0 saturated carbocycles. The molecule has 1 aromatic heterocycles. The van der Waals surface area contributed by atoms with E-state index in [-0.39, 0.29) is 17.6 Å². The Morgan fingerprint density at radius 1 is 1.25 bits per heavy atom. The molecule has 0 aliphatic carbocycles. The van der Waals surface area contributed by atoms with Crippen LogP contribution in [0.2, 0.25) is 5.02 Å². The van der Waals surface area contributed by atoms with Gasteiger partial charge in [0.15, 0.2) is 0 Å². The number of likely N-dealkylation sites (tertiary alicyclic amines) is 1. The summed E-state index contributed by atoms with van der Waals surface area (Å²) in [5.74, 6) is 0.837. The standard InChI is InChI=1S/C24H26ClFN4O2/c25-20-7-1-5-18(14-20)23-28-22(32-29-23)16-30-13-3-6-19(15-30)24(31)27-12-2-4-17-8-10-21(26)11-9-17/h1,5,7-11,14,19H,2-4,6,12-13,15-16H2,(H,27,31). The second kappa shape index (κ2) is 10.7. The lowest BCUT2D eigenvalue weighted by molar-refractivity contribution is -0.126. The van der Waals surface area contributed by atoms with Crippen LogP contribution in [0, 0.1) is 11.7 Å². The quantitative estimate of drug-likeness (QED) is 0.506. The molecule has 1 atom stereocenters. The van der Waals surface area contributed by atoms with E-state index in [4.69, 9.17) is 16.1 Å². The molecule has 1 fully saturated rings. The van der Waals surface area contributed by atoms with Gasteiger partial charge in [0.2, 0.25) is 17.6 Å². The van der Waals surface area contributed by atoms with Crippen LogP contribution in [0.4, 0.5) is 4.39 Å². The number of hydrogen-bond acceptors (Lipinski definition) is 5. The van der Waals surface area contributed by atoms with Gasteiger partial charge in [0.05, 0.1) is 12.5 Å². The molecule has 168 valence electrons. The van der Waals surface area contributed by atoms with E-state index in [0.29, 0.717) is 36.4 Å². The lowest BCUT2D eigenvalue weighted by Crippen LogP contribution is -2.43. The van der Waals surface area contributed by atoms with Crippen molar-refractivity contribution in [2.75, 3.05) is 19.6 Å². The van der Waals surface area contributed by atoms with Gasteiger partial charge in [0, 0.05) is 23.7 Å². The van der Waals surface area contributed by atoms with Crippen LogP contribution in [-0.2, 0) is 17.8 Å². The zero-order chi connectivity index (χ0) is 22.3. The predicted molar refractivity (Wildman–Crippen MR) is 120 cm³/mol. The molecule has 2 heterocycles. The lowest BCUT2D eigenvalue weighted by atomic mass is 9.97. The van der Waals surface area contributed by atoms with Crippen LogP contribution >= 0.6 is 11.6 Å². The number of aromatic nitrogens is 2. The second-order valence-electron chi connectivity index (χ2n) is 8.12. The molecule has 6 nitrogen and oxygen atoms in total. The zero-order valence-electron chi connectivity index (χ0n) is 17.8. The summed E-state index contributed by atoms with van der Waals surface area (Å²) in [6.07, 6.45) is 3.45. The van der Waals surface area contributed by atoms with Gasteiger partial charge in [-0.1, -0.05) is 41.0 Å². The summed E-state index contributed by atoms with van der Waals surface area (Å²) in [4.78, 5) is 19.3. The second-order valence-corrected chi connectivity index (χ2v) is 8.55. The van der Waals surface area contributed by atoms with Crippen LogP contribution in [0.15, 0.2) is 53.1 Å². The number of rotatable bonds is 8. The number of aryl methyl sites for hydroxylation is 1. The highest BCUT2D eigenvalue weighted by molar-refractivity contribution is 6.30. The smallest absolute Gasteiger partial charge is 0.241 e. The fraction of sp³-hybridized carbons (Fsp3) is 0.375. The van der Waals surface area contributed by atoms with E-state index < -0.39 is 0 Å². The SMILES string of the molecule is O=C(NCCCc1ccc(F)cc1)C1CCCN(Cc2nc(-c3cccc(Cl)c3)no2)C1. The Morgan fingerprint density at radius 3 is 2.91 bits per heavy atom. The number of hydrogen-bond donors (Lipinski definition) is 1. The van der Waals surface area contributed by atoms with Crippen molar-refractivity contribution in [2.24, 2.45) is 5.92 Å². The van der Waals surface area contributed by atoms with Crippen molar-refractivity contribution in [3.63, 3.8) is 0 Å². The van der Waals surface area contributed by atoms with Gasteiger partial charge in [-0.05, 0) is 62.1 Å². The van der Waals surface area contributed by atoms with Crippen LogP contribution in [-0.4, -0.2) is 40.6 Å². The minimum atomic E-state index is -0.231. The lowest BCUT2D eigenvalue weighted by Gasteiger charge is -2.30. The largest absolute Gasteiger partial charge is 0.356 e. The molecule has 8 heteroatoms. The molecule has 1 N–H and O–H groups in total. The third kappa shape index (κ3) is 6.14. The van der Waals surface area contributed by atoms with Gasteiger partial charge in [0.1, 0.15) is 5.82 Å². The molecular formula is C24H26ClFN4O2. The van der Waals surface area contributed by atoms with Crippen molar-refractivity contribution in [3.05, 3.63) is 70.8 Å². The normalized spacial score (nSPS) is 16.8. The van der Waals surface area contributed by atoms with E-state index in [9.17, 15) is 9.18 Å². The maximum Gasteiger partial charge on any atom is 0.241 e. The van der Waals surface area contributed by atoms with Crippen molar-refractivity contribution in [1.82, 2.24) is 20.4 Å². The molecular weight excluding hydrogens is 431 g/mol. The Morgan fingerprint density at radius 2 is 2.09 bits per heavy atom. The Hall–Kier alpha value is -2.77. The summed E-state index contributed by atoms with van der Waals surface area (Å²) in [7, 11) is 0. The number of nitrogens with zero attached hydrogens (tertiary/aromatic N) is 3. The molecule has 1 saturated heterocycles. The first kappa shape index (κ1) is 22.4. The topological polar surface area (TPSA) is 71.3 Å². The summed E-state index contributed by atoms with van der Waals surface area (Å²) in [6, 6.07) is 13.8. The molecule has 2 aromatic carbocycles. The molecule has 32 heavy (non-hydrogen) atoms. The van der Waals surface area contributed by atoms with Crippen LogP contribution in [0.1, 0.15) is 30.7 Å². The molecule has 3 aromatic rings. The highest BCUT2D eigenvalue weighted by atomic mass is 35.5. The molecule has 0 bridgehead atoms. The van der Waals surface area contributed by atoms with Crippen LogP contribution < -0.4 is 5.32 Å². The first-order valence-corrected chi connectivity index (χ1v) is 11.3. The van der Waals surface area contributed by atoms with E-state index in [1.165, 1.54) is 12.1 Å². The van der Waals surface area contributed by atoms with Gasteiger partial charge in [-0.15, -0.1) is 0 Å². The molecule has 1 aliphatic heterocycles. The maximum absolute atomic E-state index is 13.0. The van der Waals surface area contributed by atoms with E-state index >= 15 is 0 Å². The van der Waals surface area contributed by atoms with E-state index in [2.05, 4.69) is 20.4 Å². The van der Waals surface area contributed by atoms with Gasteiger partial charge >= 0.3 is 0 Å². The van der Waals surface area contributed by atoms with Gasteiger partial charge < -0.3 is 9.84 Å². The molecule has 1 amide bonds. The van der Waals surface area contributed by atoms with Crippen LogP contribution in [0.25, 0.3) is 11.4 Å². The van der Waals surface area contributed by atoms with E-state index in [1.54, 1.807) is 24.3 Å². The molecule has 0 radical (unpaired) electrons. The predicted octanol–water partition coefficient (Wildman–Crippen LogP) is 4.49. The maximum atomic E-state index is 13.0. The fourth-order valence-electron chi connectivity index (χ4n) is 3.97. The number of nitrogens with one attached hydrogen (secondary N) is 1. The summed E-state index contributed by atoms with van der Waals surface area (Å²) < 4.78 is 18.4. The summed E-state index contributed by atoms with van der Waals surface area (Å²) >= 11 is 6.04. The monoisotopic (exact) mass is 456 g/mol. The zero-order valence-corrected chi connectivity index (χ0v) is 18.5. The minimum Gasteiger partial charge on any atom is -0.356 e. The molecule has 4 rings (SSSR count). The number of carbonyl (C=O) groups is 1. The molecule has 0 spiro atoms. The van der Waals surface area contributed by atoms with E-state index in [0.717, 1.165) is 43.4 Å². The van der Waals surface area contributed by atoms with Crippen molar-refractivity contribution >= 4 is 17.5 Å². The van der Waals surface area contributed by atoms with Crippen molar-refractivity contribution in [2.45, 2.75) is 32.2 Å². The minimum absolute atomic E-state index is 0.0510. The average Bonchev–Trinajstić information content (AvgIpc) is 3.26. The van der Waals surface area contributed by atoms with Gasteiger partial charge in [-0.2, -0.15) is 4.98 Å². The van der Waals surface area contributed by atoms with Gasteiger partial charge in [0.25, 0.3) is 0 Å². The highest BCUT2D eigenvalue weighted by Gasteiger charge is 2.26. The third-order valence-electron chi connectivity index (χ3n) is 5.64.